The first-order valence-corrected chi connectivity index (χ1v) is 7.35. The van der Waals surface area contributed by atoms with E-state index in [4.69, 9.17) is 11.6 Å². The van der Waals surface area contributed by atoms with Crippen molar-refractivity contribution in [2.45, 2.75) is 13.0 Å². The minimum atomic E-state index is 0. The predicted molar refractivity (Wildman–Crippen MR) is 89.2 cm³/mol. The number of carbonyl (C=O) groups excluding carboxylic acids is 1. The van der Waals surface area contributed by atoms with E-state index in [0.717, 1.165) is 25.3 Å². The molecule has 1 aliphatic heterocycles. The molecule has 2 aromatic rings. The Kier molecular flexibility index (Phi) is 5.45. The molecule has 0 spiro atoms. The van der Waals surface area contributed by atoms with E-state index < -0.39 is 0 Å². The molecule has 3 rings (SSSR count). The van der Waals surface area contributed by atoms with Gasteiger partial charge in [-0.2, -0.15) is 5.10 Å². The summed E-state index contributed by atoms with van der Waals surface area (Å²) < 4.78 is 1.69. The number of nitrogens with one attached hydrogen (secondary N) is 1. The lowest BCUT2D eigenvalue weighted by Crippen LogP contribution is -2.52. The number of piperazine rings is 1. The number of hydrogen-bond acceptors (Lipinski definition) is 3. The van der Waals surface area contributed by atoms with Crippen LogP contribution in [0.15, 0.2) is 36.7 Å². The quantitative estimate of drug-likeness (QED) is 0.913. The minimum Gasteiger partial charge on any atom is -0.333 e. The zero-order valence-electron chi connectivity index (χ0n) is 12.2. The molecule has 0 bridgehead atoms. The van der Waals surface area contributed by atoms with Gasteiger partial charge in [0.25, 0.3) is 5.91 Å². The van der Waals surface area contributed by atoms with E-state index in [1.165, 1.54) is 0 Å². The van der Waals surface area contributed by atoms with Crippen LogP contribution >= 0.6 is 24.0 Å². The number of amides is 1. The van der Waals surface area contributed by atoms with Crippen molar-refractivity contribution in [1.29, 1.82) is 0 Å². The van der Waals surface area contributed by atoms with Crippen molar-refractivity contribution < 1.29 is 4.79 Å². The summed E-state index contributed by atoms with van der Waals surface area (Å²) in [6.45, 7) is 4.44. The van der Waals surface area contributed by atoms with Gasteiger partial charge in [-0.25, -0.2) is 4.68 Å². The molecule has 5 nitrogen and oxygen atoms in total. The number of rotatable bonds is 2. The van der Waals surface area contributed by atoms with Crippen LogP contribution in [0.3, 0.4) is 0 Å². The maximum Gasteiger partial charge on any atom is 0.257 e. The predicted octanol–water partition coefficient (Wildman–Crippen LogP) is 2.38. The second-order valence-electron chi connectivity index (χ2n) is 5.20. The minimum absolute atomic E-state index is 0. The van der Waals surface area contributed by atoms with Crippen LogP contribution in [0.5, 0.6) is 0 Å². The van der Waals surface area contributed by atoms with Crippen molar-refractivity contribution in [3.05, 3.63) is 47.2 Å². The van der Waals surface area contributed by atoms with Crippen molar-refractivity contribution in [2.24, 2.45) is 0 Å². The molecule has 0 unspecified atom stereocenters. The molecule has 0 aliphatic carbocycles. The fourth-order valence-electron chi connectivity index (χ4n) is 2.48. The monoisotopic (exact) mass is 340 g/mol. The Labute approximate surface area is 140 Å². The van der Waals surface area contributed by atoms with E-state index >= 15 is 0 Å². The Morgan fingerprint density at radius 2 is 2.09 bits per heavy atom. The molecule has 1 amide bonds. The highest BCUT2D eigenvalue weighted by Crippen LogP contribution is 2.15. The standard InChI is InChI=1S/C15H17ClN4O.ClH/c1-11-8-17-6-7-19(11)15(21)12-9-18-20(10-12)14-4-2-13(16)3-5-14;/h2-5,9-11,17H,6-8H2,1H3;1H/t11-;/m0./s1. The Bertz CT molecular complexity index is 641. The molecule has 1 aromatic heterocycles. The summed E-state index contributed by atoms with van der Waals surface area (Å²) in [6, 6.07) is 7.55. The lowest BCUT2D eigenvalue weighted by atomic mass is 10.2. The molecule has 1 aliphatic rings. The molecule has 22 heavy (non-hydrogen) atoms. The summed E-state index contributed by atoms with van der Waals surface area (Å²) >= 11 is 5.88. The van der Waals surface area contributed by atoms with Crippen molar-refractivity contribution in [2.75, 3.05) is 19.6 Å². The van der Waals surface area contributed by atoms with Crippen LogP contribution in [0.25, 0.3) is 5.69 Å². The van der Waals surface area contributed by atoms with Crippen LogP contribution in [0, 0.1) is 0 Å². The van der Waals surface area contributed by atoms with Crippen LogP contribution in [-0.2, 0) is 0 Å². The number of carbonyl (C=O) groups is 1. The Morgan fingerprint density at radius 1 is 1.36 bits per heavy atom. The van der Waals surface area contributed by atoms with E-state index in [9.17, 15) is 4.79 Å². The van der Waals surface area contributed by atoms with Gasteiger partial charge < -0.3 is 10.2 Å². The van der Waals surface area contributed by atoms with Gasteiger partial charge in [-0.15, -0.1) is 12.4 Å². The maximum absolute atomic E-state index is 12.5. The van der Waals surface area contributed by atoms with Crippen LogP contribution in [0.1, 0.15) is 17.3 Å². The lowest BCUT2D eigenvalue weighted by molar-refractivity contribution is 0.0656. The van der Waals surface area contributed by atoms with E-state index in [-0.39, 0.29) is 24.4 Å². The zero-order valence-corrected chi connectivity index (χ0v) is 13.8. The zero-order chi connectivity index (χ0) is 14.8. The smallest absolute Gasteiger partial charge is 0.257 e. The van der Waals surface area contributed by atoms with E-state index in [0.29, 0.717) is 10.6 Å². The van der Waals surface area contributed by atoms with Gasteiger partial charge in [0.1, 0.15) is 0 Å². The first-order chi connectivity index (χ1) is 10.1. The van der Waals surface area contributed by atoms with E-state index in [1.54, 1.807) is 29.2 Å². The number of halogens is 2. The second-order valence-corrected chi connectivity index (χ2v) is 5.64. The van der Waals surface area contributed by atoms with Gasteiger partial charge >= 0.3 is 0 Å². The normalized spacial score (nSPS) is 17.9. The Hall–Kier alpha value is -1.56. The molecule has 1 saturated heterocycles. The molecule has 0 radical (unpaired) electrons. The van der Waals surface area contributed by atoms with Gasteiger partial charge in [-0.1, -0.05) is 11.6 Å². The average molecular weight is 341 g/mol. The Morgan fingerprint density at radius 3 is 2.77 bits per heavy atom. The number of benzene rings is 1. The Balaban J connectivity index is 0.00000176. The molecule has 1 atom stereocenters. The first-order valence-electron chi connectivity index (χ1n) is 6.97. The summed E-state index contributed by atoms with van der Waals surface area (Å²) in [5.41, 5.74) is 1.49. The molecule has 7 heteroatoms. The van der Waals surface area contributed by atoms with Crippen LogP contribution < -0.4 is 5.32 Å². The fourth-order valence-corrected chi connectivity index (χ4v) is 2.60. The molecule has 118 valence electrons. The number of hydrogen-bond donors (Lipinski definition) is 1. The second kappa shape index (κ2) is 7.13. The summed E-state index contributed by atoms with van der Waals surface area (Å²) in [5.74, 6) is 0.0317. The van der Waals surface area contributed by atoms with Gasteiger partial charge in [-0.3, -0.25) is 4.79 Å². The van der Waals surface area contributed by atoms with Gasteiger partial charge in [0.05, 0.1) is 17.4 Å². The van der Waals surface area contributed by atoms with Crippen molar-refractivity contribution in [1.82, 2.24) is 20.0 Å². The molecule has 1 aromatic carbocycles. The van der Waals surface area contributed by atoms with Gasteiger partial charge in [0.15, 0.2) is 0 Å². The van der Waals surface area contributed by atoms with Crippen molar-refractivity contribution in [3.63, 3.8) is 0 Å². The number of nitrogens with zero attached hydrogens (tertiary/aromatic N) is 3. The van der Waals surface area contributed by atoms with Gasteiger partial charge in [0, 0.05) is 36.9 Å². The third-order valence-corrected chi connectivity index (χ3v) is 3.93. The van der Waals surface area contributed by atoms with Crippen molar-refractivity contribution in [3.8, 4) is 5.69 Å². The van der Waals surface area contributed by atoms with E-state index in [1.807, 2.05) is 24.0 Å². The van der Waals surface area contributed by atoms with E-state index in [2.05, 4.69) is 10.4 Å². The van der Waals surface area contributed by atoms with Crippen LogP contribution in [0.4, 0.5) is 0 Å². The third-order valence-electron chi connectivity index (χ3n) is 3.68. The SMILES string of the molecule is C[C@H]1CNCCN1C(=O)c1cnn(-c2ccc(Cl)cc2)c1.Cl. The summed E-state index contributed by atoms with van der Waals surface area (Å²) in [7, 11) is 0. The average Bonchev–Trinajstić information content (AvgIpc) is 2.98. The molecule has 1 fully saturated rings. The topological polar surface area (TPSA) is 50.2 Å². The molecular formula is C15H18Cl2N4O. The van der Waals surface area contributed by atoms with Crippen LogP contribution in [0.2, 0.25) is 5.02 Å². The highest BCUT2D eigenvalue weighted by atomic mass is 35.5. The maximum atomic E-state index is 12.5. The summed E-state index contributed by atoms with van der Waals surface area (Å²) in [6.07, 6.45) is 3.38. The van der Waals surface area contributed by atoms with Crippen molar-refractivity contribution >= 4 is 29.9 Å². The third kappa shape index (κ3) is 3.43. The lowest BCUT2D eigenvalue weighted by Gasteiger charge is -2.33. The summed E-state index contributed by atoms with van der Waals surface area (Å²) in [5, 5.41) is 8.23. The molecule has 0 saturated carbocycles. The molecule has 2 heterocycles. The molecule has 1 N–H and O–H groups in total. The number of aromatic nitrogens is 2. The summed E-state index contributed by atoms with van der Waals surface area (Å²) in [4.78, 5) is 14.4. The highest BCUT2D eigenvalue weighted by Gasteiger charge is 2.24. The first kappa shape index (κ1) is 16.8. The highest BCUT2D eigenvalue weighted by molar-refractivity contribution is 6.30. The van der Waals surface area contributed by atoms with Gasteiger partial charge in [0.2, 0.25) is 0 Å². The largest absolute Gasteiger partial charge is 0.333 e. The van der Waals surface area contributed by atoms with Gasteiger partial charge in [-0.05, 0) is 31.2 Å². The molecular weight excluding hydrogens is 323 g/mol. The van der Waals surface area contributed by atoms with Crippen LogP contribution in [-0.4, -0.2) is 46.3 Å². The fraction of sp³-hybridized carbons (Fsp3) is 0.333.